The molecule has 0 bridgehead atoms. The van der Waals surface area contributed by atoms with Crippen molar-refractivity contribution in [3.63, 3.8) is 0 Å². The highest BCUT2D eigenvalue weighted by Crippen LogP contribution is 2.35. The van der Waals surface area contributed by atoms with Crippen molar-refractivity contribution < 1.29 is 13.9 Å². The third-order valence-corrected chi connectivity index (χ3v) is 4.29. The van der Waals surface area contributed by atoms with Crippen LogP contribution in [0.2, 0.25) is 0 Å². The molecule has 0 N–H and O–H groups in total. The third-order valence-electron chi connectivity index (χ3n) is 4.29. The van der Waals surface area contributed by atoms with Crippen molar-refractivity contribution in [3.05, 3.63) is 87.8 Å². The van der Waals surface area contributed by atoms with E-state index in [1.165, 1.54) is 0 Å². The van der Waals surface area contributed by atoms with E-state index in [2.05, 4.69) is 0 Å². The molecule has 0 saturated carbocycles. The van der Waals surface area contributed by atoms with E-state index >= 15 is 0 Å². The quantitative estimate of drug-likeness (QED) is 0.683. The van der Waals surface area contributed by atoms with Gasteiger partial charge in [0.05, 0.1) is 12.2 Å². The minimum absolute atomic E-state index is 0.207. The minimum Gasteiger partial charge on any atom is -0.492 e. The molecule has 4 rings (SSSR count). The number of carbonyl (C=O) groups excluding carboxylic acids is 1. The van der Waals surface area contributed by atoms with Gasteiger partial charge in [0.2, 0.25) is 5.78 Å². The summed E-state index contributed by atoms with van der Waals surface area (Å²) in [4.78, 5) is 25.6. The van der Waals surface area contributed by atoms with Crippen molar-refractivity contribution in [2.24, 2.45) is 0 Å². The Kier molecular flexibility index (Phi) is 3.94. The molecule has 0 atom stereocenters. The summed E-state index contributed by atoms with van der Waals surface area (Å²) in [7, 11) is 0. The molecule has 0 spiro atoms. The van der Waals surface area contributed by atoms with Gasteiger partial charge in [0.15, 0.2) is 5.76 Å². The van der Waals surface area contributed by atoms with Gasteiger partial charge in [0, 0.05) is 11.1 Å². The Morgan fingerprint density at radius 1 is 0.920 bits per heavy atom. The van der Waals surface area contributed by atoms with Crippen molar-refractivity contribution in [2.45, 2.75) is 12.8 Å². The molecule has 4 nitrogen and oxygen atoms in total. The van der Waals surface area contributed by atoms with Gasteiger partial charge in [0.1, 0.15) is 11.3 Å². The van der Waals surface area contributed by atoms with Crippen molar-refractivity contribution in [1.82, 2.24) is 0 Å². The van der Waals surface area contributed by atoms with Crippen LogP contribution in [0.5, 0.6) is 5.75 Å². The van der Waals surface area contributed by atoms with Gasteiger partial charge >= 0.3 is 5.63 Å². The second kappa shape index (κ2) is 6.40. The van der Waals surface area contributed by atoms with Gasteiger partial charge in [-0.2, -0.15) is 0 Å². The molecule has 0 fully saturated rings. The highest BCUT2D eigenvalue weighted by atomic mass is 16.5. The summed E-state index contributed by atoms with van der Waals surface area (Å²) >= 11 is 0. The third kappa shape index (κ3) is 2.76. The fraction of sp³-hybridized carbons (Fsp3) is 0.143. The van der Waals surface area contributed by atoms with Gasteiger partial charge in [-0.25, -0.2) is 4.79 Å². The van der Waals surface area contributed by atoms with Crippen LogP contribution in [0.3, 0.4) is 0 Å². The topological polar surface area (TPSA) is 56.5 Å². The normalized spacial score (nSPS) is 13.0. The first kappa shape index (κ1) is 15.4. The van der Waals surface area contributed by atoms with Crippen LogP contribution < -0.4 is 10.4 Å². The number of hydrogen-bond acceptors (Lipinski definition) is 4. The van der Waals surface area contributed by atoms with Crippen LogP contribution in [-0.2, 0) is 6.42 Å². The minimum atomic E-state index is -0.432. The number of fused-ring (bicyclic) bond motifs is 1. The van der Waals surface area contributed by atoms with E-state index in [0.29, 0.717) is 41.0 Å². The maximum absolute atomic E-state index is 13.2. The van der Waals surface area contributed by atoms with Gasteiger partial charge in [-0.1, -0.05) is 60.7 Å². The molecule has 2 aromatic carbocycles. The predicted molar refractivity (Wildman–Crippen MR) is 94.1 cm³/mol. The number of benzene rings is 2. The Morgan fingerprint density at radius 2 is 1.60 bits per heavy atom. The Labute approximate surface area is 144 Å². The van der Waals surface area contributed by atoms with Crippen LogP contribution in [0.1, 0.15) is 27.9 Å². The summed E-state index contributed by atoms with van der Waals surface area (Å²) in [6.07, 6.45) is 1.29. The number of hydrogen-bond donors (Lipinski definition) is 0. The van der Waals surface area contributed by atoms with Crippen LogP contribution in [0, 0.1) is 0 Å². The number of carbonyl (C=O) groups is 1. The smallest absolute Gasteiger partial charge is 0.343 e. The van der Waals surface area contributed by atoms with Gasteiger partial charge in [-0.3, -0.25) is 4.79 Å². The molecule has 1 aliphatic heterocycles. The maximum Gasteiger partial charge on any atom is 0.343 e. The lowest BCUT2D eigenvalue weighted by Gasteiger charge is -2.20. The summed E-state index contributed by atoms with van der Waals surface area (Å²) in [5, 5.41) is 0. The summed E-state index contributed by atoms with van der Waals surface area (Å²) in [5.41, 5.74) is 1.55. The highest BCUT2D eigenvalue weighted by molar-refractivity contribution is 6.14. The molecule has 1 aliphatic rings. The largest absolute Gasteiger partial charge is 0.492 e. The van der Waals surface area contributed by atoms with E-state index in [-0.39, 0.29) is 11.5 Å². The van der Waals surface area contributed by atoms with Crippen LogP contribution in [0.25, 0.3) is 11.3 Å². The second-order valence-corrected chi connectivity index (χ2v) is 5.91. The van der Waals surface area contributed by atoms with E-state index in [4.69, 9.17) is 9.15 Å². The number of ketones is 1. The average molecular weight is 332 g/mol. The lowest BCUT2D eigenvalue weighted by Crippen LogP contribution is -2.21. The summed E-state index contributed by atoms with van der Waals surface area (Å²) in [6.45, 7) is 0.486. The molecule has 2 heterocycles. The molecule has 3 aromatic rings. The van der Waals surface area contributed by atoms with E-state index in [9.17, 15) is 9.59 Å². The molecule has 0 radical (unpaired) electrons. The Morgan fingerprint density at radius 3 is 2.32 bits per heavy atom. The first-order chi connectivity index (χ1) is 12.3. The van der Waals surface area contributed by atoms with Crippen molar-refractivity contribution >= 4 is 5.78 Å². The van der Waals surface area contributed by atoms with E-state index in [0.717, 1.165) is 6.42 Å². The highest BCUT2D eigenvalue weighted by Gasteiger charge is 2.29. The van der Waals surface area contributed by atoms with E-state index in [1.54, 1.807) is 12.1 Å². The van der Waals surface area contributed by atoms with Crippen molar-refractivity contribution in [3.8, 4) is 17.1 Å². The molecule has 124 valence electrons. The molecule has 0 unspecified atom stereocenters. The molecule has 1 aromatic heterocycles. The Balaban J connectivity index is 2.00. The van der Waals surface area contributed by atoms with E-state index in [1.807, 2.05) is 48.5 Å². The zero-order valence-corrected chi connectivity index (χ0v) is 13.5. The Hall–Kier alpha value is -3.14. The molecule has 4 heteroatoms. The van der Waals surface area contributed by atoms with E-state index < -0.39 is 5.63 Å². The fourth-order valence-corrected chi connectivity index (χ4v) is 3.08. The SMILES string of the molecule is O=C(c1ccccc1)c1c(-c2ccccc2)oc(=O)c2c1OCCC2. The fourth-order valence-electron chi connectivity index (χ4n) is 3.08. The first-order valence-electron chi connectivity index (χ1n) is 8.23. The molecule has 25 heavy (non-hydrogen) atoms. The predicted octanol–water partition coefficient (Wildman–Crippen LogP) is 3.86. The zero-order valence-electron chi connectivity index (χ0n) is 13.5. The first-order valence-corrected chi connectivity index (χ1v) is 8.23. The van der Waals surface area contributed by atoms with Crippen LogP contribution in [0.15, 0.2) is 69.9 Å². The van der Waals surface area contributed by atoms with Gasteiger partial charge in [-0.15, -0.1) is 0 Å². The summed E-state index contributed by atoms with van der Waals surface area (Å²) in [5.74, 6) is 0.427. The average Bonchev–Trinajstić information content (AvgIpc) is 2.69. The second-order valence-electron chi connectivity index (χ2n) is 5.91. The van der Waals surface area contributed by atoms with Crippen molar-refractivity contribution in [2.75, 3.05) is 6.61 Å². The van der Waals surface area contributed by atoms with Gasteiger partial charge in [-0.05, 0) is 12.8 Å². The standard InChI is InChI=1S/C21H16O4/c22-18(14-8-3-1-4-9-14)17-19(15-10-5-2-6-11-15)25-21(23)16-12-7-13-24-20(16)17/h1-6,8-11H,7,12-13H2. The zero-order chi connectivity index (χ0) is 17.2. The number of ether oxygens (including phenoxy) is 1. The summed E-state index contributed by atoms with van der Waals surface area (Å²) in [6, 6.07) is 18.1. The van der Waals surface area contributed by atoms with Gasteiger partial charge in [0.25, 0.3) is 0 Å². The van der Waals surface area contributed by atoms with Crippen LogP contribution >= 0.6 is 0 Å². The molecule has 0 aliphatic carbocycles. The van der Waals surface area contributed by atoms with Crippen molar-refractivity contribution in [1.29, 1.82) is 0 Å². The monoisotopic (exact) mass is 332 g/mol. The lowest BCUT2D eigenvalue weighted by atomic mass is 9.95. The summed E-state index contributed by atoms with van der Waals surface area (Å²) < 4.78 is 11.3. The molecular formula is C21H16O4. The van der Waals surface area contributed by atoms with Gasteiger partial charge < -0.3 is 9.15 Å². The van der Waals surface area contributed by atoms with Crippen LogP contribution in [0.4, 0.5) is 0 Å². The Bertz CT molecular complexity index is 972. The molecule has 0 amide bonds. The van der Waals surface area contributed by atoms with Crippen LogP contribution in [-0.4, -0.2) is 12.4 Å². The maximum atomic E-state index is 13.2. The molecular weight excluding hydrogens is 316 g/mol. The molecule has 0 saturated heterocycles. The lowest BCUT2D eigenvalue weighted by molar-refractivity contribution is 0.103. The number of rotatable bonds is 3.